The first kappa shape index (κ1) is 19.1. The minimum atomic E-state index is -0.304. The molecule has 1 heterocycles. The monoisotopic (exact) mass is 365 g/mol. The summed E-state index contributed by atoms with van der Waals surface area (Å²) in [6, 6.07) is 15.8. The minimum absolute atomic E-state index is 0.00507. The van der Waals surface area contributed by atoms with Crippen LogP contribution in [0.25, 0.3) is 6.08 Å². The molecule has 1 aliphatic rings. The zero-order valence-electron chi connectivity index (χ0n) is 16.2. The van der Waals surface area contributed by atoms with Crippen molar-refractivity contribution in [3.05, 3.63) is 81.0 Å². The number of aryl methyl sites for hydroxylation is 1. The van der Waals surface area contributed by atoms with E-state index in [9.17, 15) is 10.1 Å². The number of benzene rings is 2. The maximum atomic E-state index is 11.4. The molecule has 0 spiro atoms. The predicted octanol–water partition coefficient (Wildman–Crippen LogP) is 4.17. The van der Waals surface area contributed by atoms with E-state index in [0.29, 0.717) is 12.1 Å². The van der Waals surface area contributed by atoms with Crippen LogP contribution >= 0.6 is 0 Å². The average Bonchev–Trinajstić information content (AvgIpc) is 2.66. The number of rotatable bonds is 5. The van der Waals surface area contributed by atoms with E-state index in [-0.39, 0.29) is 16.1 Å². The van der Waals surface area contributed by atoms with Crippen molar-refractivity contribution in [1.29, 1.82) is 0 Å². The molecule has 2 aromatic rings. The molecule has 27 heavy (non-hydrogen) atoms. The van der Waals surface area contributed by atoms with E-state index in [1.165, 1.54) is 5.56 Å². The molecule has 3 rings (SSSR count). The van der Waals surface area contributed by atoms with Gasteiger partial charge in [0.05, 0.1) is 10.5 Å². The maximum Gasteiger partial charge on any atom is 0.276 e. The third-order valence-electron chi connectivity index (χ3n) is 5.55. The zero-order valence-corrected chi connectivity index (χ0v) is 16.2. The third-order valence-corrected chi connectivity index (χ3v) is 5.55. The summed E-state index contributed by atoms with van der Waals surface area (Å²) in [7, 11) is 2.08. The molecule has 142 valence electrons. The number of nitrogens with one attached hydrogen (secondary N) is 1. The van der Waals surface area contributed by atoms with E-state index in [4.69, 9.17) is 0 Å². The summed E-state index contributed by atoms with van der Waals surface area (Å²) < 4.78 is 0. The van der Waals surface area contributed by atoms with Crippen LogP contribution < -0.4 is 5.32 Å². The fourth-order valence-corrected chi connectivity index (χ4v) is 3.83. The van der Waals surface area contributed by atoms with Crippen molar-refractivity contribution in [1.82, 2.24) is 10.2 Å². The number of nitro groups is 1. The van der Waals surface area contributed by atoms with Gasteiger partial charge in [0.25, 0.3) is 5.69 Å². The molecule has 0 amide bonds. The molecule has 1 atom stereocenters. The molecule has 0 saturated carbocycles. The topological polar surface area (TPSA) is 58.4 Å². The standard InChI is InChI=1S/C22H27N3O2/c1-4-22(14-18-10-6-5-7-11-18)16-24(3)19(15-23-22)13-20-17(2)9-8-12-21(20)25(26)27/h5-13,23H,4,14-16H2,1-3H3. The van der Waals surface area contributed by atoms with Gasteiger partial charge >= 0.3 is 0 Å². The largest absolute Gasteiger partial charge is 0.375 e. The van der Waals surface area contributed by atoms with Gasteiger partial charge in [-0.1, -0.05) is 49.4 Å². The summed E-state index contributed by atoms with van der Waals surface area (Å²) >= 11 is 0. The quantitative estimate of drug-likeness (QED) is 0.638. The highest BCUT2D eigenvalue weighted by Crippen LogP contribution is 2.29. The van der Waals surface area contributed by atoms with Crippen LogP contribution in [0, 0.1) is 17.0 Å². The zero-order chi connectivity index (χ0) is 19.4. The highest BCUT2D eigenvalue weighted by molar-refractivity contribution is 5.66. The number of likely N-dealkylation sites (N-methyl/N-ethyl adjacent to an activating group) is 1. The third kappa shape index (κ3) is 4.19. The second kappa shape index (κ2) is 7.92. The van der Waals surface area contributed by atoms with Gasteiger partial charge < -0.3 is 10.2 Å². The number of nitrogens with zero attached hydrogens (tertiary/aromatic N) is 2. The maximum absolute atomic E-state index is 11.4. The number of piperazine rings is 1. The van der Waals surface area contributed by atoms with Crippen molar-refractivity contribution < 1.29 is 4.92 Å². The Kier molecular flexibility index (Phi) is 5.61. The van der Waals surface area contributed by atoms with E-state index < -0.39 is 0 Å². The Labute approximate surface area is 160 Å². The lowest BCUT2D eigenvalue weighted by Gasteiger charge is -2.44. The van der Waals surface area contributed by atoms with Crippen LogP contribution in [0.3, 0.4) is 0 Å². The van der Waals surface area contributed by atoms with E-state index in [1.807, 2.05) is 25.1 Å². The molecule has 1 aliphatic heterocycles. The van der Waals surface area contributed by atoms with Gasteiger partial charge in [-0.25, -0.2) is 0 Å². The van der Waals surface area contributed by atoms with Crippen LogP contribution in [0.1, 0.15) is 30.0 Å². The molecule has 1 fully saturated rings. The van der Waals surface area contributed by atoms with Gasteiger partial charge in [-0.3, -0.25) is 10.1 Å². The van der Waals surface area contributed by atoms with Gasteiger partial charge in [-0.15, -0.1) is 0 Å². The first-order valence-corrected chi connectivity index (χ1v) is 9.39. The molecule has 0 radical (unpaired) electrons. The molecule has 2 aromatic carbocycles. The second-order valence-electron chi connectivity index (χ2n) is 7.41. The molecule has 1 unspecified atom stereocenters. The molecule has 5 heteroatoms. The number of nitro benzene ring substituents is 1. The number of hydrogen-bond donors (Lipinski definition) is 1. The molecule has 1 saturated heterocycles. The average molecular weight is 365 g/mol. The van der Waals surface area contributed by atoms with Crippen LogP contribution in [-0.2, 0) is 6.42 Å². The smallest absolute Gasteiger partial charge is 0.276 e. The summed E-state index contributed by atoms with van der Waals surface area (Å²) in [5.41, 5.74) is 4.17. The van der Waals surface area contributed by atoms with Gasteiger partial charge in [0.2, 0.25) is 0 Å². The highest BCUT2D eigenvalue weighted by atomic mass is 16.6. The van der Waals surface area contributed by atoms with E-state index in [0.717, 1.165) is 30.6 Å². The number of hydrogen-bond acceptors (Lipinski definition) is 4. The lowest BCUT2D eigenvalue weighted by Crippen LogP contribution is -2.59. The van der Waals surface area contributed by atoms with Crippen LogP contribution in [0.15, 0.2) is 54.2 Å². The summed E-state index contributed by atoms with van der Waals surface area (Å²) in [5.74, 6) is 0. The molecular weight excluding hydrogens is 338 g/mol. The summed E-state index contributed by atoms with van der Waals surface area (Å²) in [5, 5.41) is 15.1. The van der Waals surface area contributed by atoms with Crippen molar-refractivity contribution >= 4 is 11.8 Å². The summed E-state index contributed by atoms with van der Waals surface area (Å²) in [4.78, 5) is 13.3. The van der Waals surface area contributed by atoms with Crippen molar-refractivity contribution in [3.8, 4) is 0 Å². The fraction of sp³-hybridized carbons (Fsp3) is 0.364. The lowest BCUT2D eigenvalue weighted by molar-refractivity contribution is -0.385. The van der Waals surface area contributed by atoms with Crippen molar-refractivity contribution in [2.75, 3.05) is 20.1 Å². The van der Waals surface area contributed by atoms with E-state index in [2.05, 4.69) is 48.5 Å². The first-order valence-electron chi connectivity index (χ1n) is 9.39. The molecule has 1 N–H and O–H groups in total. The van der Waals surface area contributed by atoms with Crippen LogP contribution in [-0.4, -0.2) is 35.5 Å². The molecule has 5 nitrogen and oxygen atoms in total. The second-order valence-corrected chi connectivity index (χ2v) is 7.41. The van der Waals surface area contributed by atoms with Crippen molar-refractivity contribution in [2.45, 2.75) is 32.2 Å². The minimum Gasteiger partial charge on any atom is -0.375 e. The van der Waals surface area contributed by atoms with Gasteiger partial charge in [0, 0.05) is 37.4 Å². The molecule has 0 aromatic heterocycles. The SMILES string of the molecule is CCC1(Cc2ccccc2)CN(C)C(=Cc2c(C)cccc2[N+](=O)[O-])CN1. The highest BCUT2D eigenvalue weighted by Gasteiger charge is 2.34. The predicted molar refractivity (Wildman–Crippen MR) is 110 cm³/mol. The van der Waals surface area contributed by atoms with Gasteiger partial charge in [-0.2, -0.15) is 0 Å². The van der Waals surface area contributed by atoms with Crippen molar-refractivity contribution in [3.63, 3.8) is 0 Å². The Morgan fingerprint density at radius 3 is 2.59 bits per heavy atom. The summed E-state index contributed by atoms with van der Waals surface area (Å²) in [6.45, 7) is 5.69. The van der Waals surface area contributed by atoms with Crippen molar-refractivity contribution in [2.24, 2.45) is 0 Å². The Morgan fingerprint density at radius 2 is 1.96 bits per heavy atom. The van der Waals surface area contributed by atoms with Gasteiger partial charge in [0.1, 0.15) is 0 Å². The Hall–Kier alpha value is -2.66. The van der Waals surface area contributed by atoms with Crippen LogP contribution in [0.5, 0.6) is 0 Å². The van der Waals surface area contributed by atoms with Gasteiger partial charge in [0.15, 0.2) is 0 Å². The summed E-state index contributed by atoms with van der Waals surface area (Å²) in [6.07, 6.45) is 3.94. The molecule has 0 bridgehead atoms. The molecular formula is C22H27N3O2. The van der Waals surface area contributed by atoms with E-state index in [1.54, 1.807) is 12.1 Å². The first-order chi connectivity index (χ1) is 12.9. The Balaban J connectivity index is 1.85. The Morgan fingerprint density at radius 1 is 1.22 bits per heavy atom. The van der Waals surface area contributed by atoms with Crippen LogP contribution in [0.4, 0.5) is 5.69 Å². The Bertz CT molecular complexity index is 848. The molecule has 0 aliphatic carbocycles. The normalized spacial score (nSPS) is 21.4. The van der Waals surface area contributed by atoms with Gasteiger partial charge in [-0.05, 0) is 37.0 Å². The van der Waals surface area contributed by atoms with Crippen LogP contribution in [0.2, 0.25) is 0 Å². The van der Waals surface area contributed by atoms with E-state index >= 15 is 0 Å². The lowest BCUT2D eigenvalue weighted by atomic mass is 9.85. The fourth-order valence-electron chi connectivity index (χ4n) is 3.83.